The van der Waals surface area contributed by atoms with Crippen LogP contribution in [0.5, 0.6) is 0 Å². The Hall–Kier alpha value is 0.664. The van der Waals surface area contributed by atoms with Crippen LogP contribution in [0.4, 0.5) is 0 Å². The van der Waals surface area contributed by atoms with Crippen LogP contribution in [0.1, 0.15) is 6.42 Å². The summed E-state index contributed by atoms with van der Waals surface area (Å²) in [7, 11) is 2.56. The molecule has 0 aliphatic rings. The SMILES string of the molecule is CO[Si](CCC[SiH2]S)(OC)OC. The molecule has 0 aromatic carbocycles. The number of hydrogen-bond donors (Lipinski definition) is 1. The Kier molecular flexibility index (Phi) is 7.50. The minimum absolute atomic E-state index is 0.128. The third kappa shape index (κ3) is 4.06. The van der Waals surface area contributed by atoms with E-state index in [4.69, 9.17) is 13.3 Å². The molecule has 0 bridgehead atoms. The fourth-order valence-corrected chi connectivity index (χ4v) is 4.45. The van der Waals surface area contributed by atoms with Crippen molar-refractivity contribution in [3.63, 3.8) is 0 Å². The van der Waals surface area contributed by atoms with E-state index in [-0.39, 0.29) is 8.67 Å². The molecular formula is C6H18O3SSi2. The highest BCUT2D eigenvalue weighted by atomic mass is 32.3. The van der Waals surface area contributed by atoms with E-state index in [1.165, 1.54) is 6.04 Å². The van der Waals surface area contributed by atoms with Gasteiger partial charge in [0.2, 0.25) is 0 Å². The molecule has 0 aliphatic heterocycles. The van der Waals surface area contributed by atoms with Gasteiger partial charge in [0.1, 0.15) is 0 Å². The highest BCUT2D eigenvalue weighted by Gasteiger charge is 2.36. The van der Waals surface area contributed by atoms with Crippen LogP contribution in [0.2, 0.25) is 12.1 Å². The average Bonchev–Trinajstić information content (AvgIpc) is 2.14. The quantitative estimate of drug-likeness (QED) is 0.393. The van der Waals surface area contributed by atoms with Gasteiger partial charge in [0.25, 0.3) is 0 Å². The fraction of sp³-hybridized carbons (Fsp3) is 1.00. The van der Waals surface area contributed by atoms with Gasteiger partial charge in [-0.3, -0.25) is 0 Å². The Labute approximate surface area is 83.0 Å². The summed E-state index contributed by atoms with van der Waals surface area (Å²) in [6.07, 6.45) is 1.11. The zero-order valence-corrected chi connectivity index (χ0v) is 11.3. The van der Waals surface area contributed by atoms with E-state index in [1.54, 1.807) is 21.3 Å². The molecule has 0 atom stereocenters. The standard InChI is InChI=1S/C6H18O3SSi2/c1-7-12(8-2,9-3)6-4-5-11-10/h10H,4-6,11H2,1-3H3. The zero-order chi connectivity index (χ0) is 9.45. The van der Waals surface area contributed by atoms with Gasteiger partial charge in [0.15, 0.2) is 0 Å². The van der Waals surface area contributed by atoms with Gasteiger partial charge in [-0.15, -0.1) is 0 Å². The summed E-state index contributed by atoms with van der Waals surface area (Å²) in [5.41, 5.74) is 0. The molecule has 0 heterocycles. The van der Waals surface area contributed by atoms with Crippen molar-refractivity contribution < 1.29 is 13.3 Å². The molecule has 0 rings (SSSR count). The van der Waals surface area contributed by atoms with Crippen molar-refractivity contribution in [3.05, 3.63) is 0 Å². The van der Waals surface area contributed by atoms with Gasteiger partial charge in [0, 0.05) is 27.4 Å². The lowest BCUT2D eigenvalue weighted by Crippen LogP contribution is -2.42. The lowest BCUT2D eigenvalue weighted by atomic mass is 10.6. The van der Waals surface area contributed by atoms with Crippen LogP contribution in [-0.2, 0) is 13.3 Å². The van der Waals surface area contributed by atoms with Crippen molar-refractivity contribution in [3.8, 4) is 0 Å². The van der Waals surface area contributed by atoms with E-state index in [9.17, 15) is 0 Å². The van der Waals surface area contributed by atoms with Gasteiger partial charge >= 0.3 is 8.80 Å². The Morgan fingerprint density at radius 3 is 2.00 bits per heavy atom. The Balaban J connectivity index is 3.76. The summed E-state index contributed by atoms with van der Waals surface area (Å²) < 4.78 is 15.8. The van der Waals surface area contributed by atoms with Crippen LogP contribution in [-0.4, -0.2) is 38.8 Å². The summed E-state index contributed by atoms with van der Waals surface area (Å²) in [5.74, 6) is 0. The first-order chi connectivity index (χ1) is 5.74. The molecule has 0 aliphatic carbocycles. The molecule has 12 heavy (non-hydrogen) atoms. The molecule has 0 saturated heterocycles. The monoisotopic (exact) mass is 226 g/mol. The second-order valence-electron chi connectivity index (χ2n) is 2.48. The summed E-state index contributed by atoms with van der Waals surface area (Å²) in [6, 6.07) is 2.12. The van der Waals surface area contributed by atoms with Gasteiger partial charge in [-0.05, 0) is 0 Å². The highest BCUT2D eigenvalue weighted by Crippen LogP contribution is 2.16. The van der Waals surface area contributed by atoms with Crippen LogP contribution >= 0.6 is 12.1 Å². The molecule has 0 unspecified atom stereocenters. The first kappa shape index (κ1) is 12.7. The third-order valence-corrected chi connectivity index (χ3v) is 6.42. The van der Waals surface area contributed by atoms with E-state index in [0.717, 1.165) is 12.5 Å². The third-order valence-electron chi connectivity index (χ3n) is 1.82. The van der Waals surface area contributed by atoms with E-state index in [0.29, 0.717) is 0 Å². The van der Waals surface area contributed by atoms with Crippen molar-refractivity contribution in [2.75, 3.05) is 21.3 Å². The van der Waals surface area contributed by atoms with Crippen molar-refractivity contribution in [2.45, 2.75) is 18.5 Å². The second kappa shape index (κ2) is 7.10. The molecule has 6 heteroatoms. The largest absolute Gasteiger partial charge is 0.500 e. The maximum atomic E-state index is 5.27. The lowest BCUT2D eigenvalue weighted by Gasteiger charge is -2.23. The topological polar surface area (TPSA) is 27.7 Å². The maximum Gasteiger partial charge on any atom is 0.500 e. The first-order valence-electron chi connectivity index (χ1n) is 4.01. The van der Waals surface area contributed by atoms with Crippen LogP contribution in [0.15, 0.2) is 0 Å². The smallest absolute Gasteiger partial charge is 0.377 e. The predicted molar refractivity (Wildman–Crippen MR) is 58.5 cm³/mol. The molecule has 0 aromatic heterocycles. The van der Waals surface area contributed by atoms with Crippen molar-refractivity contribution in [1.82, 2.24) is 0 Å². The molecule has 0 fully saturated rings. The van der Waals surface area contributed by atoms with E-state index < -0.39 is 8.80 Å². The Morgan fingerprint density at radius 1 is 1.17 bits per heavy atom. The minimum Gasteiger partial charge on any atom is -0.377 e. The molecule has 0 saturated carbocycles. The highest BCUT2D eigenvalue weighted by molar-refractivity contribution is 8.06. The molecule has 0 radical (unpaired) electrons. The second-order valence-corrected chi connectivity index (χ2v) is 8.06. The average molecular weight is 226 g/mol. The van der Waals surface area contributed by atoms with Crippen LogP contribution < -0.4 is 0 Å². The number of hydrogen-bond acceptors (Lipinski definition) is 4. The molecule has 0 aromatic rings. The van der Waals surface area contributed by atoms with Gasteiger partial charge < -0.3 is 13.3 Å². The van der Waals surface area contributed by atoms with Gasteiger partial charge in [-0.1, -0.05) is 12.5 Å². The maximum absolute atomic E-state index is 5.27. The van der Waals surface area contributed by atoms with E-state index in [1.807, 2.05) is 0 Å². The van der Waals surface area contributed by atoms with Crippen molar-refractivity contribution >= 4 is 29.6 Å². The van der Waals surface area contributed by atoms with Crippen molar-refractivity contribution in [1.29, 1.82) is 0 Å². The number of rotatable bonds is 7. The van der Waals surface area contributed by atoms with E-state index >= 15 is 0 Å². The van der Waals surface area contributed by atoms with Crippen LogP contribution in [0, 0.1) is 0 Å². The summed E-state index contributed by atoms with van der Waals surface area (Å²) in [6.45, 7) is 0. The number of thiol groups is 1. The molecule has 74 valence electrons. The van der Waals surface area contributed by atoms with E-state index in [2.05, 4.69) is 12.1 Å². The first-order valence-corrected chi connectivity index (χ1v) is 9.47. The molecule has 3 nitrogen and oxygen atoms in total. The summed E-state index contributed by atoms with van der Waals surface area (Å²) >= 11 is 4.27. The van der Waals surface area contributed by atoms with Gasteiger partial charge in [-0.2, -0.15) is 0 Å². The van der Waals surface area contributed by atoms with Crippen LogP contribution in [0.3, 0.4) is 0 Å². The normalized spacial score (nSPS) is 13.0. The molecule has 0 amide bonds. The minimum atomic E-state index is -2.27. The molecule has 0 N–H and O–H groups in total. The van der Waals surface area contributed by atoms with Crippen molar-refractivity contribution in [2.24, 2.45) is 0 Å². The fourth-order valence-electron chi connectivity index (χ4n) is 1.01. The van der Waals surface area contributed by atoms with Gasteiger partial charge in [0.05, 0.1) is 8.67 Å². The van der Waals surface area contributed by atoms with Crippen LogP contribution in [0.25, 0.3) is 0 Å². The summed E-state index contributed by atoms with van der Waals surface area (Å²) in [4.78, 5) is 0. The predicted octanol–water partition coefficient (Wildman–Crippen LogP) is 0.686. The lowest BCUT2D eigenvalue weighted by molar-refractivity contribution is 0.123. The summed E-state index contributed by atoms with van der Waals surface area (Å²) in [5, 5.41) is 0. The molecular weight excluding hydrogens is 208 g/mol. The Bertz CT molecular complexity index is 103. The molecule has 0 spiro atoms. The Morgan fingerprint density at radius 2 is 1.67 bits per heavy atom. The zero-order valence-electron chi connectivity index (χ0n) is 8.00. The van der Waals surface area contributed by atoms with Gasteiger partial charge in [-0.25, -0.2) is 12.1 Å².